The summed E-state index contributed by atoms with van der Waals surface area (Å²) in [6, 6.07) is 6.83. The predicted molar refractivity (Wildman–Crippen MR) is 85.4 cm³/mol. The first-order valence-electron chi connectivity index (χ1n) is 7.56. The van der Waals surface area contributed by atoms with Gasteiger partial charge in [0.1, 0.15) is 0 Å². The number of nitrogens with zero attached hydrogens (tertiary/aromatic N) is 1. The summed E-state index contributed by atoms with van der Waals surface area (Å²) in [5, 5.41) is 3.39. The van der Waals surface area contributed by atoms with Crippen LogP contribution < -0.4 is 10.2 Å². The van der Waals surface area contributed by atoms with Crippen LogP contribution in [0.5, 0.6) is 0 Å². The van der Waals surface area contributed by atoms with E-state index in [0.29, 0.717) is 5.41 Å². The van der Waals surface area contributed by atoms with Crippen molar-refractivity contribution >= 4 is 5.69 Å². The summed E-state index contributed by atoms with van der Waals surface area (Å²) in [5.74, 6) is 0. The lowest BCUT2D eigenvalue weighted by Crippen LogP contribution is -2.23. The molecule has 3 heteroatoms. The number of anilines is 1. The fourth-order valence-electron chi connectivity index (χ4n) is 2.91. The molecule has 1 aromatic rings. The number of hydrogen-bond donors (Lipinski definition) is 1. The smallest absolute Gasteiger partial charge is 0.0587 e. The molecule has 0 saturated carbocycles. The van der Waals surface area contributed by atoms with Crippen molar-refractivity contribution in [2.75, 3.05) is 38.3 Å². The maximum atomic E-state index is 5.04. The average molecular weight is 276 g/mol. The molecule has 1 heterocycles. The van der Waals surface area contributed by atoms with Gasteiger partial charge in [0.25, 0.3) is 0 Å². The molecule has 0 aromatic heterocycles. The Kier molecular flexibility index (Phi) is 5.06. The van der Waals surface area contributed by atoms with Crippen LogP contribution in [-0.2, 0) is 11.3 Å². The minimum Gasteiger partial charge on any atom is -0.383 e. The van der Waals surface area contributed by atoms with Crippen LogP contribution in [0.25, 0.3) is 0 Å². The van der Waals surface area contributed by atoms with Crippen LogP contribution in [0.3, 0.4) is 0 Å². The monoisotopic (exact) mass is 276 g/mol. The van der Waals surface area contributed by atoms with Crippen LogP contribution in [0.1, 0.15) is 31.4 Å². The molecule has 0 amide bonds. The highest BCUT2D eigenvalue weighted by molar-refractivity contribution is 5.55. The van der Waals surface area contributed by atoms with Gasteiger partial charge < -0.3 is 15.0 Å². The van der Waals surface area contributed by atoms with E-state index in [9.17, 15) is 0 Å². The van der Waals surface area contributed by atoms with Crippen molar-refractivity contribution in [2.24, 2.45) is 5.41 Å². The van der Waals surface area contributed by atoms with E-state index in [1.54, 1.807) is 7.11 Å². The van der Waals surface area contributed by atoms with Crippen molar-refractivity contribution < 1.29 is 4.74 Å². The highest BCUT2D eigenvalue weighted by Crippen LogP contribution is 2.34. The van der Waals surface area contributed by atoms with Gasteiger partial charge in [-0.25, -0.2) is 0 Å². The largest absolute Gasteiger partial charge is 0.383 e. The van der Waals surface area contributed by atoms with Gasteiger partial charge in [0.05, 0.1) is 6.61 Å². The minimum atomic E-state index is 0.451. The summed E-state index contributed by atoms with van der Waals surface area (Å²) in [5.41, 5.74) is 4.58. The number of rotatable bonds is 6. The van der Waals surface area contributed by atoms with E-state index in [-0.39, 0.29) is 0 Å². The third-order valence-corrected chi connectivity index (χ3v) is 4.09. The molecule has 20 heavy (non-hydrogen) atoms. The van der Waals surface area contributed by atoms with Crippen LogP contribution in [0, 0.1) is 12.3 Å². The van der Waals surface area contributed by atoms with Gasteiger partial charge in [0.2, 0.25) is 0 Å². The molecular weight excluding hydrogens is 248 g/mol. The Bertz CT molecular complexity index is 443. The maximum Gasteiger partial charge on any atom is 0.0587 e. The molecule has 0 atom stereocenters. The molecule has 1 aromatic carbocycles. The van der Waals surface area contributed by atoms with E-state index in [1.807, 2.05) is 0 Å². The fourth-order valence-corrected chi connectivity index (χ4v) is 2.91. The molecule has 0 unspecified atom stereocenters. The van der Waals surface area contributed by atoms with E-state index in [2.05, 4.69) is 49.2 Å². The number of hydrogen-bond acceptors (Lipinski definition) is 3. The second-order valence-corrected chi connectivity index (χ2v) is 6.63. The average Bonchev–Trinajstić information content (AvgIpc) is 2.75. The Morgan fingerprint density at radius 1 is 1.35 bits per heavy atom. The lowest BCUT2D eigenvalue weighted by Gasteiger charge is -2.23. The Labute approximate surface area is 123 Å². The molecule has 1 saturated heterocycles. The quantitative estimate of drug-likeness (QED) is 0.809. The van der Waals surface area contributed by atoms with Crippen LogP contribution >= 0.6 is 0 Å². The summed E-state index contributed by atoms with van der Waals surface area (Å²) in [7, 11) is 1.73. The Morgan fingerprint density at radius 3 is 2.75 bits per heavy atom. The first-order valence-corrected chi connectivity index (χ1v) is 7.56. The number of methoxy groups -OCH3 is 1. The van der Waals surface area contributed by atoms with Gasteiger partial charge in [-0.1, -0.05) is 26.0 Å². The molecule has 112 valence electrons. The van der Waals surface area contributed by atoms with Gasteiger partial charge in [-0.15, -0.1) is 0 Å². The Balaban J connectivity index is 1.96. The summed E-state index contributed by atoms with van der Waals surface area (Å²) in [6.07, 6.45) is 1.28. The van der Waals surface area contributed by atoms with Crippen molar-refractivity contribution in [3.8, 4) is 0 Å². The van der Waals surface area contributed by atoms with E-state index >= 15 is 0 Å². The second-order valence-electron chi connectivity index (χ2n) is 6.63. The van der Waals surface area contributed by atoms with E-state index in [1.165, 1.54) is 36.3 Å². The van der Waals surface area contributed by atoms with Crippen molar-refractivity contribution in [3.05, 3.63) is 29.3 Å². The first-order chi connectivity index (χ1) is 9.52. The van der Waals surface area contributed by atoms with E-state index in [0.717, 1.165) is 19.7 Å². The third kappa shape index (κ3) is 3.97. The standard InChI is InChI=1S/C17H28N2O/c1-14-11-15(12-18-8-10-20-4)5-6-16(14)19-9-7-17(2,3)13-19/h5-6,11,18H,7-10,12-13H2,1-4H3. The second kappa shape index (κ2) is 6.59. The molecule has 2 rings (SSSR count). The van der Waals surface area contributed by atoms with Crippen LogP contribution in [0.4, 0.5) is 5.69 Å². The van der Waals surface area contributed by atoms with E-state index in [4.69, 9.17) is 4.74 Å². The Morgan fingerprint density at radius 2 is 2.15 bits per heavy atom. The molecule has 1 aliphatic rings. The zero-order valence-corrected chi connectivity index (χ0v) is 13.3. The molecule has 1 N–H and O–H groups in total. The highest BCUT2D eigenvalue weighted by Gasteiger charge is 2.29. The van der Waals surface area contributed by atoms with Crippen molar-refractivity contribution in [3.63, 3.8) is 0 Å². The summed E-state index contributed by atoms with van der Waals surface area (Å²) in [6.45, 7) is 11.9. The molecule has 1 aliphatic heterocycles. The normalized spacial score (nSPS) is 17.7. The van der Waals surface area contributed by atoms with Crippen molar-refractivity contribution in [1.29, 1.82) is 0 Å². The zero-order chi connectivity index (χ0) is 14.6. The van der Waals surface area contributed by atoms with Gasteiger partial charge >= 0.3 is 0 Å². The molecule has 0 aliphatic carbocycles. The molecule has 3 nitrogen and oxygen atoms in total. The SMILES string of the molecule is COCCNCc1ccc(N2CCC(C)(C)C2)c(C)c1. The van der Waals surface area contributed by atoms with Gasteiger partial charge in [-0.3, -0.25) is 0 Å². The third-order valence-electron chi connectivity index (χ3n) is 4.09. The van der Waals surface area contributed by atoms with Gasteiger partial charge in [-0.2, -0.15) is 0 Å². The number of ether oxygens (including phenoxy) is 1. The van der Waals surface area contributed by atoms with Crippen LogP contribution in [-0.4, -0.2) is 33.4 Å². The molecular formula is C17H28N2O. The van der Waals surface area contributed by atoms with Crippen molar-refractivity contribution in [2.45, 2.75) is 33.7 Å². The summed E-state index contributed by atoms with van der Waals surface area (Å²) >= 11 is 0. The van der Waals surface area contributed by atoms with Crippen LogP contribution in [0.2, 0.25) is 0 Å². The molecule has 0 spiro atoms. The molecule has 0 bridgehead atoms. The molecule has 0 radical (unpaired) electrons. The fraction of sp³-hybridized carbons (Fsp3) is 0.647. The topological polar surface area (TPSA) is 24.5 Å². The van der Waals surface area contributed by atoms with Gasteiger partial charge in [0.15, 0.2) is 0 Å². The van der Waals surface area contributed by atoms with E-state index < -0.39 is 0 Å². The highest BCUT2D eigenvalue weighted by atomic mass is 16.5. The van der Waals surface area contributed by atoms with Gasteiger partial charge in [-0.05, 0) is 36.0 Å². The van der Waals surface area contributed by atoms with Crippen LogP contribution in [0.15, 0.2) is 18.2 Å². The lowest BCUT2D eigenvalue weighted by molar-refractivity contribution is 0.199. The Hall–Kier alpha value is -1.06. The predicted octanol–water partition coefficient (Wildman–Crippen LogP) is 2.97. The van der Waals surface area contributed by atoms with Gasteiger partial charge in [0, 0.05) is 39.0 Å². The summed E-state index contributed by atoms with van der Waals surface area (Å²) in [4.78, 5) is 2.53. The maximum absolute atomic E-state index is 5.04. The first kappa shape index (κ1) is 15.3. The lowest BCUT2D eigenvalue weighted by atomic mass is 9.93. The number of benzene rings is 1. The van der Waals surface area contributed by atoms with Crippen molar-refractivity contribution in [1.82, 2.24) is 5.32 Å². The summed E-state index contributed by atoms with van der Waals surface area (Å²) < 4.78 is 5.04. The minimum absolute atomic E-state index is 0.451. The zero-order valence-electron chi connectivity index (χ0n) is 13.3. The molecule has 1 fully saturated rings. The number of aryl methyl sites for hydroxylation is 1. The number of nitrogens with one attached hydrogen (secondary N) is 1.